The van der Waals surface area contributed by atoms with E-state index in [-0.39, 0.29) is 5.60 Å². The topological polar surface area (TPSA) is 35.2 Å². The zero-order chi connectivity index (χ0) is 10.0. The van der Waals surface area contributed by atoms with E-state index in [1.165, 1.54) is 5.56 Å². The van der Waals surface area contributed by atoms with Crippen molar-refractivity contribution in [3.63, 3.8) is 0 Å². The van der Waals surface area contributed by atoms with Gasteiger partial charge in [0.2, 0.25) is 0 Å². The fourth-order valence-electron chi connectivity index (χ4n) is 2.01. The number of hydrogen-bond donors (Lipinski definition) is 1. The molecule has 1 aliphatic heterocycles. The standard InChI is InChI=1S/C11H14BrNO/c12-10-5-2-1-4-9(10)11(8-13)6-3-7-14-11/h1-2,4-5H,3,6-8,13H2. The Morgan fingerprint density at radius 1 is 1.43 bits per heavy atom. The Balaban J connectivity index is 2.41. The number of nitrogens with two attached hydrogens (primary N) is 1. The monoisotopic (exact) mass is 255 g/mol. The summed E-state index contributed by atoms with van der Waals surface area (Å²) >= 11 is 3.55. The third-order valence-corrected chi connectivity index (χ3v) is 3.49. The molecule has 1 fully saturated rings. The Morgan fingerprint density at radius 3 is 2.79 bits per heavy atom. The van der Waals surface area contributed by atoms with E-state index in [9.17, 15) is 0 Å². The van der Waals surface area contributed by atoms with Gasteiger partial charge in [-0.25, -0.2) is 0 Å². The molecular weight excluding hydrogens is 242 g/mol. The molecule has 0 saturated carbocycles. The number of benzene rings is 1. The summed E-state index contributed by atoms with van der Waals surface area (Å²) < 4.78 is 6.89. The van der Waals surface area contributed by atoms with Gasteiger partial charge >= 0.3 is 0 Å². The van der Waals surface area contributed by atoms with Gasteiger partial charge in [-0.3, -0.25) is 0 Å². The zero-order valence-electron chi connectivity index (χ0n) is 8.00. The van der Waals surface area contributed by atoms with Gasteiger partial charge in [-0.1, -0.05) is 34.1 Å². The van der Waals surface area contributed by atoms with Crippen molar-refractivity contribution in [2.75, 3.05) is 13.2 Å². The maximum atomic E-state index is 5.82. The van der Waals surface area contributed by atoms with Gasteiger partial charge in [-0.15, -0.1) is 0 Å². The minimum atomic E-state index is -0.250. The van der Waals surface area contributed by atoms with Crippen molar-refractivity contribution < 1.29 is 4.74 Å². The number of rotatable bonds is 2. The van der Waals surface area contributed by atoms with Crippen molar-refractivity contribution in [2.45, 2.75) is 18.4 Å². The van der Waals surface area contributed by atoms with Gasteiger partial charge < -0.3 is 10.5 Å². The van der Waals surface area contributed by atoms with Crippen LogP contribution in [0.4, 0.5) is 0 Å². The highest BCUT2D eigenvalue weighted by atomic mass is 79.9. The van der Waals surface area contributed by atoms with E-state index in [0.29, 0.717) is 6.54 Å². The van der Waals surface area contributed by atoms with E-state index < -0.39 is 0 Å². The third kappa shape index (κ3) is 1.60. The Hall–Kier alpha value is -0.380. The highest BCUT2D eigenvalue weighted by molar-refractivity contribution is 9.10. The predicted octanol–water partition coefficient (Wildman–Crippen LogP) is 2.41. The van der Waals surface area contributed by atoms with Gasteiger partial charge in [0.25, 0.3) is 0 Å². The van der Waals surface area contributed by atoms with E-state index in [1.54, 1.807) is 0 Å². The summed E-state index contributed by atoms with van der Waals surface area (Å²) in [4.78, 5) is 0. The van der Waals surface area contributed by atoms with E-state index in [1.807, 2.05) is 18.2 Å². The summed E-state index contributed by atoms with van der Waals surface area (Å²) in [5.74, 6) is 0. The van der Waals surface area contributed by atoms with Crippen LogP contribution in [0.25, 0.3) is 0 Å². The summed E-state index contributed by atoms with van der Waals surface area (Å²) in [6, 6.07) is 8.16. The van der Waals surface area contributed by atoms with Crippen molar-refractivity contribution in [2.24, 2.45) is 5.73 Å². The van der Waals surface area contributed by atoms with Crippen molar-refractivity contribution in [3.8, 4) is 0 Å². The van der Waals surface area contributed by atoms with Crippen molar-refractivity contribution >= 4 is 15.9 Å². The van der Waals surface area contributed by atoms with Crippen LogP contribution in [-0.4, -0.2) is 13.2 Å². The smallest absolute Gasteiger partial charge is 0.106 e. The summed E-state index contributed by atoms with van der Waals surface area (Å²) in [5, 5.41) is 0. The van der Waals surface area contributed by atoms with Crippen LogP contribution >= 0.6 is 15.9 Å². The Morgan fingerprint density at radius 2 is 2.21 bits per heavy atom. The van der Waals surface area contributed by atoms with Gasteiger partial charge in [0.1, 0.15) is 5.60 Å². The lowest BCUT2D eigenvalue weighted by atomic mass is 9.91. The molecule has 14 heavy (non-hydrogen) atoms. The molecule has 76 valence electrons. The average molecular weight is 256 g/mol. The lowest BCUT2D eigenvalue weighted by molar-refractivity contribution is 0.00742. The second-order valence-electron chi connectivity index (χ2n) is 3.63. The molecule has 2 rings (SSSR count). The first-order valence-electron chi connectivity index (χ1n) is 4.87. The van der Waals surface area contributed by atoms with Crippen molar-refractivity contribution in [3.05, 3.63) is 34.3 Å². The molecule has 0 radical (unpaired) electrons. The van der Waals surface area contributed by atoms with Gasteiger partial charge in [0.15, 0.2) is 0 Å². The van der Waals surface area contributed by atoms with Crippen LogP contribution in [0, 0.1) is 0 Å². The number of ether oxygens (including phenoxy) is 1. The minimum absolute atomic E-state index is 0.250. The Kier molecular flexibility index (Phi) is 2.91. The lowest BCUT2D eigenvalue weighted by Gasteiger charge is -2.28. The molecule has 1 aliphatic rings. The second kappa shape index (κ2) is 4.01. The van der Waals surface area contributed by atoms with Gasteiger partial charge in [0, 0.05) is 17.6 Å². The predicted molar refractivity (Wildman–Crippen MR) is 60.1 cm³/mol. The lowest BCUT2D eigenvalue weighted by Crippen LogP contribution is -2.34. The van der Waals surface area contributed by atoms with Crippen molar-refractivity contribution in [1.29, 1.82) is 0 Å². The molecule has 0 aromatic heterocycles. The molecule has 1 unspecified atom stereocenters. The first-order chi connectivity index (χ1) is 6.78. The van der Waals surface area contributed by atoms with Gasteiger partial charge in [0.05, 0.1) is 0 Å². The number of hydrogen-bond acceptors (Lipinski definition) is 2. The fourth-order valence-corrected chi connectivity index (χ4v) is 2.66. The zero-order valence-corrected chi connectivity index (χ0v) is 9.59. The summed E-state index contributed by atoms with van der Waals surface area (Å²) in [7, 11) is 0. The first kappa shape index (κ1) is 10.1. The van der Waals surface area contributed by atoms with Crippen LogP contribution in [0.5, 0.6) is 0 Å². The molecular formula is C11H14BrNO. The minimum Gasteiger partial charge on any atom is -0.369 e. The van der Waals surface area contributed by atoms with Crippen LogP contribution in [0.15, 0.2) is 28.7 Å². The van der Waals surface area contributed by atoms with Gasteiger partial charge in [-0.05, 0) is 24.5 Å². The molecule has 1 saturated heterocycles. The first-order valence-corrected chi connectivity index (χ1v) is 5.67. The summed E-state index contributed by atoms with van der Waals surface area (Å²) in [6.07, 6.45) is 2.12. The van der Waals surface area contributed by atoms with Crippen LogP contribution in [-0.2, 0) is 10.3 Å². The molecule has 0 amide bonds. The van der Waals surface area contributed by atoms with E-state index in [4.69, 9.17) is 10.5 Å². The summed E-state index contributed by atoms with van der Waals surface area (Å²) in [5.41, 5.74) is 6.75. The molecule has 3 heteroatoms. The average Bonchev–Trinajstić information content (AvgIpc) is 2.68. The van der Waals surface area contributed by atoms with Crippen LogP contribution < -0.4 is 5.73 Å². The fraction of sp³-hybridized carbons (Fsp3) is 0.455. The molecule has 1 atom stereocenters. The maximum Gasteiger partial charge on any atom is 0.106 e. The van der Waals surface area contributed by atoms with E-state index in [0.717, 1.165) is 23.9 Å². The summed E-state index contributed by atoms with van der Waals surface area (Å²) in [6.45, 7) is 1.37. The molecule has 1 heterocycles. The second-order valence-corrected chi connectivity index (χ2v) is 4.48. The Bertz CT molecular complexity index is 321. The Labute approximate surface area is 92.6 Å². The third-order valence-electron chi connectivity index (χ3n) is 2.80. The van der Waals surface area contributed by atoms with Crippen LogP contribution in [0.2, 0.25) is 0 Å². The quantitative estimate of drug-likeness (QED) is 0.881. The molecule has 1 aromatic rings. The van der Waals surface area contributed by atoms with Crippen LogP contribution in [0.1, 0.15) is 18.4 Å². The van der Waals surface area contributed by atoms with E-state index >= 15 is 0 Å². The van der Waals surface area contributed by atoms with E-state index in [2.05, 4.69) is 22.0 Å². The highest BCUT2D eigenvalue weighted by Crippen LogP contribution is 2.38. The largest absolute Gasteiger partial charge is 0.369 e. The molecule has 1 aromatic carbocycles. The molecule has 0 aliphatic carbocycles. The molecule has 2 nitrogen and oxygen atoms in total. The molecule has 2 N–H and O–H groups in total. The normalized spacial score (nSPS) is 26.7. The highest BCUT2D eigenvalue weighted by Gasteiger charge is 2.36. The number of halogens is 1. The van der Waals surface area contributed by atoms with Crippen molar-refractivity contribution in [1.82, 2.24) is 0 Å². The maximum absolute atomic E-state index is 5.82. The SMILES string of the molecule is NCC1(c2ccccc2Br)CCCO1. The van der Waals surface area contributed by atoms with Gasteiger partial charge in [-0.2, -0.15) is 0 Å². The molecule has 0 bridgehead atoms. The molecule has 0 spiro atoms. The van der Waals surface area contributed by atoms with Crippen LogP contribution in [0.3, 0.4) is 0 Å².